The first-order valence-electron chi connectivity index (χ1n) is 9.05. The van der Waals surface area contributed by atoms with Gasteiger partial charge in [0.15, 0.2) is 0 Å². The normalized spacial score (nSPS) is 15.0. The number of carbonyl (C=O) groups excluding carboxylic acids is 2. The van der Waals surface area contributed by atoms with Gasteiger partial charge in [-0.3, -0.25) is 4.79 Å². The molecule has 0 aromatic heterocycles. The number of urea groups is 1. The van der Waals surface area contributed by atoms with Crippen LogP contribution in [0.2, 0.25) is 5.02 Å². The predicted octanol–water partition coefficient (Wildman–Crippen LogP) is 2.39. The first-order chi connectivity index (χ1) is 13.5. The van der Waals surface area contributed by atoms with E-state index in [1.165, 1.54) is 0 Å². The number of amides is 3. The first kappa shape index (κ1) is 20.0. The summed E-state index contributed by atoms with van der Waals surface area (Å²) in [6, 6.07) is 13.3. The zero-order valence-corrected chi connectivity index (χ0v) is 16.1. The Labute approximate surface area is 168 Å². The SMILES string of the molecule is NC(=O)C(Cc1ccc(N2CCOCC2)cc1)NC(=O)Nc1ccc(Cl)cc1. The van der Waals surface area contributed by atoms with Gasteiger partial charge in [0.1, 0.15) is 6.04 Å². The first-order valence-corrected chi connectivity index (χ1v) is 9.43. The van der Waals surface area contributed by atoms with Crippen molar-refractivity contribution in [1.82, 2.24) is 5.32 Å². The van der Waals surface area contributed by atoms with Crippen molar-refractivity contribution in [3.05, 3.63) is 59.1 Å². The zero-order chi connectivity index (χ0) is 19.9. The lowest BCUT2D eigenvalue weighted by Gasteiger charge is -2.29. The van der Waals surface area contributed by atoms with Crippen LogP contribution >= 0.6 is 11.6 Å². The van der Waals surface area contributed by atoms with Crippen LogP contribution in [0.4, 0.5) is 16.2 Å². The van der Waals surface area contributed by atoms with Gasteiger partial charge in [0.05, 0.1) is 13.2 Å². The van der Waals surface area contributed by atoms with Crippen LogP contribution in [0.3, 0.4) is 0 Å². The number of ether oxygens (including phenoxy) is 1. The molecule has 1 saturated heterocycles. The Hall–Kier alpha value is -2.77. The quantitative estimate of drug-likeness (QED) is 0.691. The van der Waals surface area contributed by atoms with E-state index in [-0.39, 0.29) is 0 Å². The molecule has 3 amide bonds. The number of benzene rings is 2. The summed E-state index contributed by atoms with van der Waals surface area (Å²) >= 11 is 5.83. The average Bonchev–Trinajstić information content (AvgIpc) is 2.70. The molecule has 1 aliphatic rings. The molecule has 0 bridgehead atoms. The van der Waals surface area contributed by atoms with E-state index in [9.17, 15) is 9.59 Å². The van der Waals surface area contributed by atoms with Crippen LogP contribution in [0, 0.1) is 0 Å². The summed E-state index contributed by atoms with van der Waals surface area (Å²) in [4.78, 5) is 26.2. The molecule has 2 aromatic rings. The standard InChI is InChI=1S/C20H23ClN4O3/c21-15-3-5-16(6-4-15)23-20(27)24-18(19(22)26)13-14-1-7-17(8-2-14)25-9-11-28-12-10-25/h1-8,18H,9-13H2,(H2,22,26)(H2,23,24,27). The molecule has 7 nitrogen and oxygen atoms in total. The third kappa shape index (κ3) is 5.61. The van der Waals surface area contributed by atoms with Crippen molar-refractivity contribution in [2.75, 3.05) is 36.5 Å². The van der Waals surface area contributed by atoms with Gasteiger partial charge in [-0.05, 0) is 42.0 Å². The molecular formula is C20H23ClN4O3. The van der Waals surface area contributed by atoms with Crippen LogP contribution in [0.5, 0.6) is 0 Å². The van der Waals surface area contributed by atoms with Gasteiger partial charge in [-0.2, -0.15) is 0 Å². The maximum Gasteiger partial charge on any atom is 0.319 e. The highest BCUT2D eigenvalue weighted by molar-refractivity contribution is 6.30. The molecule has 0 aliphatic carbocycles. The largest absolute Gasteiger partial charge is 0.378 e. The van der Waals surface area contributed by atoms with Crippen molar-refractivity contribution in [1.29, 1.82) is 0 Å². The smallest absolute Gasteiger partial charge is 0.319 e. The number of halogens is 1. The summed E-state index contributed by atoms with van der Waals surface area (Å²) < 4.78 is 5.36. The van der Waals surface area contributed by atoms with E-state index in [0.29, 0.717) is 17.1 Å². The fourth-order valence-corrected chi connectivity index (χ4v) is 3.11. The highest BCUT2D eigenvalue weighted by Crippen LogP contribution is 2.18. The molecule has 28 heavy (non-hydrogen) atoms. The minimum absolute atomic E-state index is 0.312. The third-order valence-corrected chi connectivity index (χ3v) is 4.76. The maximum atomic E-state index is 12.2. The Morgan fingerprint density at radius 2 is 1.71 bits per heavy atom. The van der Waals surface area contributed by atoms with Crippen LogP contribution < -0.4 is 21.3 Å². The van der Waals surface area contributed by atoms with Crippen LogP contribution in [0.25, 0.3) is 0 Å². The van der Waals surface area contributed by atoms with Crippen molar-refractivity contribution in [3.63, 3.8) is 0 Å². The number of nitrogens with one attached hydrogen (secondary N) is 2. The fraction of sp³-hybridized carbons (Fsp3) is 0.300. The Kier molecular flexibility index (Phi) is 6.73. The van der Waals surface area contributed by atoms with Gasteiger partial charge >= 0.3 is 6.03 Å². The lowest BCUT2D eigenvalue weighted by atomic mass is 10.0. The molecule has 8 heteroatoms. The number of hydrogen-bond donors (Lipinski definition) is 3. The number of anilines is 2. The summed E-state index contributed by atoms with van der Waals surface area (Å²) in [7, 11) is 0. The molecule has 0 radical (unpaired) electrons. The van der Waals surface area contributed by atoms with E-state index in [1.807, 2.05) is 24.3 Å². The van der Waals surface area contributed by atoms with Crippen LogP contribution in [0.15, 0.2) is 48.5 Å². The molecule has 1 heterocycles. The van der Waals surface area contributed by atoms with Crippen LogP contribution in [-0.2, 0) is 16.0 Å². The van der Waals surface area contributed by atoms with Gasteiger partial charge in [-0.25, -0.2) is 4.79 Å². The number of rotatable bonds is 6. The van der Waals surface area contributed by atoms with Gasteiger partial charge in [-0.15, -0.1) is 0 Å². The maximum absolute atomic E-state index is 12.2. The van der Waals surface area contributed by atoms with Gasteiger partial charge in [0, 0.05) is 35.9 Å². The van der Waals surface area contributed by atoms with Gasteiger partial charge in [0.25, 0.3) is 0 Å². The van der Waals surface area contributed by atoms with E-state index in [0.717, 1.165) is 37.6 Å². The molecule has 1 atom stereocenters. The number of hydrogen-bond acceptors (Lipinski definition) is 4. The second kappa shape index (κ2) is 9.43. The highest BCUT2D eigenvalue weighted by atomic mass is 35.5. The molecule has 0 saturated carbocycles. The van der Waals surface area contributed by atoms with E-state index in [1.54, 1.807) is 24.3 Å². The zero-order valence-electron chi connectivity index (χ0n) is 15.4. The predicted molar refractivity (Wildman–Crippen MR) is 110 cm³/mol. The monoisotopic (exact) mass is 402 g/mol. The number of nitrogens with two attached hydrogens (primary N) is 1. The van der Waals surface area contributed by atoms with E-state index < -0.39 is 18.0 Å². The minimum Gasteiger partial charge on any atom is -0.378 e. The van der Waals surface area contributed by atoms with Crippen LogP contribution in [-0.4, -0.2) is 44.3 Å². The van der Waals surface area contributed by atoms with Gasteiger partial charge in [-0.1, -0.05) is 23.7 Å². The summed E-state index contributed by atoms with van der Waals surface area (Å²) in [5.74, 6) is -0.594. The minimum atomic E-state index is -0.818. The molecule has 1 aliphatic heterocycles. The highest BCUT2D eigenvalue weighted by Gasteiger charge is 2.19. The van der Waals surface area contributed by atoms with Crippen molar-refractivity contribution in [2.45, 2.75) is 12.5 Å². The second-order valence-corrected chi connectivity index (χ2v) is 6.97. The van der Waals surface area contributed by atoms with Crippen molar-refractivity contribution < 1.29 is 14.3 Å². The summed E-state index contributed by atoms with van der Waals surface area (Å²) in [6.07, 6.45) is 0.312. The average molecular weight is 403 g/mol. The Morgan fingerprint density at radius 3 is 2.32 bits per heavy atom. The molecule has 0 spiro atoms. The number of nitrogens with zero attached hydrogens (tertiary/aromatic N) is 1. The third-order valence-electron chi connectivity index (χ3n) is 4.50. The van der Waals surface area contributed by atoms with Crippen molar-refractivity contribution in [2.24, 2.45) is 5.73 Å². The summed E-state index contributed by atoms with van der Waals surface area (Å²) in [6.45, 7) is 3.15. The summed E-state index contributed by atoms with van der Waals surface area (Å²) in [5, 5.41) is 5.85. The number of carbonyl (C=O) groups is 2. The van der Waals surface area contributed by atoms with Gasteiger partial charge in [0.2, 0.25) is 5.91 Å². The summed E-state index contributed by atoms with van der Waals surface area (Å²) in [5.41, 5.74) is 8.06. The Morgan fingerprint density at radius 1 is 1.07 bits per heavy atom. The molecule has 1 unspecified atom stereocenters. The van der Waals surface area contributed by atoms with Crippen LogP contribution in [0.1, 0.15) is 5.56 Å². The molecule has 1 fully saturated rings. The van der Waals surface area contributed by atoms with Crippen molar-refractivity contribution >= 4 is 34.9 Å². The molecule has 4 N–H and O–H groups in total. The lowest BCUT2D eigenvalue weighted by molar-refractivity contribution is -0.119. The number of morpholine rings is 1. The Balaban J connectivity index is 1.58. The number of primary amides is 1. The lowest BCUT2D eigenvalue weighted by Crippen LogP contribution is -2.47. The van der Waals surface area contributed by atoms with Gasteiger partial charge < -0.3 is 26.0 Å². The van der Waals surface area contributed by atoms with E-state index in [2.05, 4.69) is 15.5 Å². The second-order valence-electron chi connectivity index (χ2n) is 6.53. The fourth-order valence-electron chi connectivity index (χ4n) is 2.98. The molecule has 3 rings (SSSR count). The molecular weight excluding hydrogens is 380 g/mol. The molecule has 148 valence electrons. The topological polar surface area (TPSA) is 96.7 Å². The van der Waals surface area contributed by atoms with E-state index >= 15 is 0 Å². The van der Waals surface area contributed by atoms with E-state index in [4.69, 9.17) is 22.1 Å². The molecule has 2 aromatic carbocycles. The Bertz CT molecular complexity index is 805. The van der Waals surface area contributed by atoms with Crippen molar-refractivity contribution in [3.8, 4) is 0 Å².